The maximum Gasteiger partial charge on any atom is 0.250 e. The summed E-state index contributed by atoms with van der Waals surface area (Å²) in [5, 5.41) is 6.28. The maximum absolute atomic E-state index is 11.6. The van der Waals surface area contributed by atoms with Gasteiger partial charge in [0.2, 0.25) is 0 Å². The molecule has 2 aromatic heterocycles. The van der Waals surface area contributed by atoms with Crippen molar-refractivity contribution < 1.29 is 4.79 Å². The zero-order valence-electron chi connectivity index (χ0n) is 13.1. The van der Waals surface area contributed by atoms with Crippen LogP contribution in [0.2, 0.25) is 0 Å². The van der Waals surface area contributed by atoms with Gasteiger partial charge in [0.15, 0.2) is 5.13 Å². The summed E-state index contributed by atoms with van der Waals surface area (Å²) in [6.45, 7) is 5.96. The van der Waals surface area contributed by atoms with Gasteiger partial charge in [0.25, 0.3) is 5.91 Å². The molecular formula is C16H22N4OS. The number of thiazole rings is 1. The Morgan fingerprint density at radius 2 is 2.32 bits per heavy atom. The fourth-order valence-electron chi connectivity index (χ4n) is 2.61. The number of carbonyl (C=O) groups excluding carboxylic acids is 1. The predicted octanol–water partition coefficient (Wildman–Crippen LogP) is 3.25. The molecule has 0 saturated heterocycles. The average Bonchev–Trinajstić information content (AvgIpc) is 3.08. The summed E-state index contributed by atoms with van der Waals surface area (Å²) in [7, 11) is 0. The molecule has 3 N–H and O–H groups in total. The maximum atomic E-state index is 11.6. The lowest BCUT2D eigenvalue weighted by molar-refractivity contribution is 0.0999. The Balaban J connectivity index is 1.95. The summed E-state index contributed by atoms with van der Waals surface area (Å²) in [5.41, 5.74) is 8.98. The van der Waals surface area contributed by atoms with E-state index in [4.69, 9.17) is 5.73 Å². The summed E-state index contributed by atoms with van der Waals surface area (Å²) >= 11 is 1.60. The molecule has 5 nitrogen and oxygen atoms in total. The third kappa shape index (κ3) is 3.02. The van der Waals surface area contributed by atoms with Crippen molar-refractivity contribution in [2.45, 2.75) is 39.7 Å². The van der Waals surface area contributed by atoms with Crippen molar-refractivity contribution in [2.24, 2.45) is 11.7 Å². The summed E-state index contributed by atoms with van der Waals surface area (Å²) in [4.78, 5) is 16.3. The highest BCUT2D eigenvalue weighted by atomic mass is 32.1. The molecule has 1 fully saturated rings. The lowest BCUT2D eigenvalue weighted by atomic mass is 10.2. The van der Waals surface area contributed by atoms with Gasteiger partial charge in [0.1, 0.15) is 0 Å². The Labute approximate surface area is 134 Å². The Kier molecular flexibility index (Phi) is 4.20. The number of rotatable bonds is 7. The van der Waals surface area contributed by atoms with Crippen molar-refractivity contribution in [1.82, 2.24) is 9.55 Å². The van der Waals surface area contributed by atoms with E-state index in [2.05, 4.69) is 21.8 Å². The van der Waals surface area contributed by atoms with E-state index in [1.54, 1.807) is 11.3 Å². The quantitative estimate of drug-likeness (QED) is 0.823. The van der Waals surface area contributed by atoms with Crippen LogP contribution in [0.5, 0.6) is 0 Å². The monoisotopic (exact) mass is 318 g/mol. The number of anilines is 1. The van der Waals surface area contributed by atoms with Crippen LogP contribution in [0.4, 0.5) is 5.13 Å². The number of nitrogens with zero attached hydrogens (tertiary/aromatic N) is 2. The molecule has 0 radical (unpaired) electrons. The zero-order chi connectivity index (χ0) is 15.7. The normalized spacial score (nSPS) is 14.3. The van der Waals surface area contributed by atoms with E-state index in [1.807, 2.05) is 18.4 Å². The molecule has 0 atom stereocenters. The number of hydrogen-bond donors (Lipinski definition) is 2. The number of aromatic nitrogens is 2. The van der Waals surface area contributed by atoms with E-state index in [-0.39, 0.29) is 5.91 Å². The molecule has 0 spiro atoms. The van der Waals surface area contributed by atoms with Crippen LogP contribution in [0.25, 0.3) is 11.4 Å². The predicted molar refractivity (Wildman–Crippen MR) is 90.3 cm³/mol. The van der Waals surface area contributed by atoms with Crippen LogP contribution in [0.15, 0.2) is 11.4 Å². The minimum atomic E-state index is -0.368. The van der Waals surface area contributed by atoms with Gasteiger partial charge in [-0.25, -0.2) is 4.98 Å². The molecule has 118 valence electrons. The summed E-state index contributed by atoms with van der Waals surface area (Å²) in [5.74, 6) is 0.356. The molecule has 0 unspecified atom stereocenters. The van der Waals surface area contributed by atoms with Crippen molar-refractivity contribution in [3.63, 3.8) is 0 Å². The number of hydrogen-bond acceptors (Lipinski definition) is 4. The molecule has 2 heterocycles. The highest BCUT2D eigenvalue weighted by Gasteiger charge is 2.26. The molecule has 0 bridgehead atoms. The van der Waals surface area contributed by atoms with Crippen LogP contribution >= 0.6 is 11.3 Å². The first-order valence-corrected chi connectivity index (χ1v) is 8.67. The second-order valence-electron chi connectivity index (χ2n) is 5.91. The van der Waals surface area contributed by atoms with E-state index in [0.717, 1.165) is 47.6 Å². The molecule has 0 aliphatic heterocycles. The Hall–Kier alpha value is -1.82. The molecule has 6 heteroatoms. The fraction of sp³-hybridized carbons (Fsp3) is 0.500. The molecule has 22 heavy (non-hydrogen) atoms. The first-order chi connectivity index (χ1) is 10.6. The van der Waals surface area contributed by atoms with Gasteiger partial charge >= 0.3 is 0 Å². The van der Waals surface area contributed by atoms with Crippen LogP contribution in [-0.2, 0) is 6.54 Å². The summed E-state index contributed by atoms with van der Waals surface area (Å²) in [6, 6.07) is 1.89. The standard InChI is InChI=1S/C16H22N4OS/c1-3-6-18-16-19-13(9-22-16)14-7-12(15(17)21)10(2)20(14)8-11-4-5-11/h7,9,11H,3-6,8H2,1-2H3,(H2,17,21)(H,18,19). The van der Waals surface area contributed by atoms with Gasteiger partial charge in [0.05, 0.1) is 17.0 Å². The van der Waals surface area contributed by atoms with Crippen LogP contribution in [-0.4, -0.2) is 22.0 Å². The summed E-state index contributed by atoms with van der Waals surface area (Å²) < 4.78 is 2.20. The van der Waals surface area contributed by atoms with Crippen LogP contribution in [0, 0.1) is 12.8 Å². The van der Waals surface area contributed by atoms with Gasteiger partial charge in [0, 0.05) is 24.2 Å². The van der Waals surface area contributed by atoms with Crippen molar-refractivity contribution >= 4 is 22.4 Å². The smallest absolute Gasteiger partial charge is 0.250 e. The molecular weight excluding hydrogens is 296 g/mol. The fourth-order valence-corrected chi connectivity index (χ4v) is 3.34. The highest BCUT2D eigenvalue weighted by molar-refractivity contribution is 7.14. The minimum absolute atomic E-state index is 0.368. The van der Waals surface area contributed by atoms with E-state index < -0.39 is 0 Å². The Morgan fingerprint density at radius 3 is 2.95 bits per heavy atom. The van der Waals surface area contributed by atoms with Crippen molar-refractivity contribution in [3.05, 3.63) is 22.7 Å². The van der Waals surface area contributed by atoms with Gasteiger partial charge in [-0.15, -0.1) is 11.3 Å². The second-order valence-corrected chi connectivity index (χ2v) is 6.77. The van der Waals surface area contributed by atoms with Crippen molar-refractivity contribution in [3.8, 4) is 11.4 Å². The highest BCUT2D eigenvalue weighted by Crippen LogP contribution is 2.35. The lowest BCUT2D eigenvalue weighted by Gasteiger charge is -2.09. The number of primary amides is 1. The second kappa shape index (κ2) is 6.12. The van der Waals surface area contributed by atoms with Crippen LogP contribution in [0.3, 0.4) is 0 Å². The van der Waals surface area contributed by atoms with Crippen LogP contribution < -0.4 is 11.1 Å². The molecule has 2 aromatic rings. The van der Waals surface area contributed by atoms with Crippen LogP contribution in [0.1, 0.15) is 42.2 Å². The third-order valence-electron chi connectivity index (χ3n) is 4.06. The van der Waals surface area contributed by atoms with Gasteiger partial charge in [-0.05, 0) is 38.2 Å². The Bertz CT molecular complexity index is 684. The SMILES string of the molecule is CCCNc1nc(-c2cc(C(N)=O)c(C)n2CC2CC2)cs1. The average molecular weight is 318 g/mol. The molecule has 1 amide bonds. The third-order valence-corrected chi connectivity index (χ3v) is 4.86. The molecule has 1 aliphatic carbocycles. The topological polar surface area (TPSA) is 72.9 Å². The van der Waals surface area contributed by atoms with E-state index in [9.17, 15) is 4.79 Å². The number of nitrogens with two attached hydrogens (primary N) is 1. The number of amides is 1. The minimum Gasteiger partial charge on any atom is -0.366 e. The Morgan fingerprint density at radius 1 is 1.55 bits per heavy atom. The molecule has 1 aliphatic rings. The zero-order valence-corrected chi connectivity index (χ0v) is 13.9. The first-order valence-electron chi connectivity index (χ1n) is 7.79. The van der Waals surface area contributed by atoms with Crippen molar-refractivity contribution in [1.29, 1.82) is 0 Å². The lowest BCUT2D eigenvalue weighted by Crippen LogP contribution is -2.12. The molecule has 0 aromatic carbocycles. The van der Waals surface area contributed by atoms with Crippen molar-refractivity contribution in [2.75, 3.05) is 11.9 Å². The number of nitrogens with one attached hydrogen (secondary N) is 1. The van der Waals surface area contributed by atoms with Gasteiger partial charge in [-0.2, -0.15) is 0 Å². The molecule has 1 saturated carbocycles. The molecule has 3 rings (SSSR count). The van der Waals surface area contributed by atoms with E-state index in [0.29, 0.717) is 5.56 Å². The van der Waals surface area contributed by atoms with Gasteiger partial charge < -0.3 is 15.6 Å². The number of carbonyl (C=O) groups is 1. The first kappa shape index (κ1) is 15.1. The van der Waals surface area contributed by atoms with Gasteiger partial charge in [-0.1, -0.05) is 6.92 Å². The van der Waals surface area contributed by atoms with E-state index >= 15 is 0 Å². The summed E-state index contributed by atoms with van der Waals surface area (Å²) in [6.07, 6.45) is 3.60. The van der Waals surface area contributed by atoms with E-state index in [1.165, 1.54) is 12.8 Å². The van der Waals surface area contributed by atoms with Gasteiger partial charge in [-0.3, -0.25) is 4.79 Å². The largest absolute Gasteiger partial charge is 0.366 e.